The Balaban J connectivity index is 2.55. The van der Waals surface area contributed by atoms with Gasteiger partial charge in [-0.05, 0) is 37.1 Å². The van der Waals surface area contributed by atoms with Crippen LogP contribution in [0.25, 0.3) is 0 Å². The van der Waals surface area contributed by atoms with Crippen molar-refractivity contribution < 1.29 is 13.2 Å². The molecule has 1 rings (SSSR count). The van der Waals surface area contributed by atoms with Crippen molar-refractivity contribution in [3.05, 3.63) is 29.8 Å². The average molecular weight is 246 g/mol. The molecule has 0 aliphatic rings. The predicted molar refractivity (Wildman–Crippen MR) is 62.8 cm³/mol. The van der Waals surface area contributed by atoms with Crippen LogP contribution in [0, 0.1) is 5.92 Å². The number of halogens is 3. The largest absolute Gasteiger partial charge is 0.416 e. The summed E-state index contributed by atoms with van der Waals surface area (Å²) in [7, 11) is 0. The van der Waals surface area contributed by atoms with E-state index in [2.05, 4.69) is 5.32 Å². The summed E-state index contributed by atoms with van der Waals surface area (Å²) >= 11 is 0. The molecule has 1 atom stereocenters. The fourth-order valence-electron chi connectivity index (χ4n) is 1.39. The zero-order valence-electron chi connectivity index (χ0n) is 9.72. The van der Waals surface area contributed by atoms with Crippen molar-refractivity contribution >= 4 is 5.69 Å². The Morgan fingerprint density at radius 2 is 2.06 bits per heavy atom. The van der Waals surface area contributed by atoms with Gasteiger partial charge in [0.1, 0.15) is 0 Å². The number of alkyl halides is 3. The van der Waals surface area contributed by atoms with Gasteiger partial charge in [0.15, 0.2) is 0 Å². The molecule has 0 spiro atoms. The number of hydrogen-bond acceptors (Lipinski definition) is 2. The molecule has 0 fully saturated rings. The first-order chi connectivity index (χ1) is 7.93. The smallest absolute Gasteiger partial charge is 0.385 e. The molecule has 5 heteroatoms. The van der Waals surface area contributed by atoms with Gasteiger partial charge in [-0.3, -0.25) is 0 Å². The van der Waals surface area contributed by atoms with E-state index in [0.29, 0.717) is 24.7 Å². The van der Waals surface area contributed by atoms with Crippen LogP contribution in [0.1, 0.15) is 18.9 Å². The van der Waals surface area contributed by atoms with E-state index in [9.17, 15) is 13.2 Å². The number of nitrogens with one attached hydrogen (secondary N) is 1. The molecule has 3 N–H and O–H groups in total. The Morgan fingerprint density at radius 1 is 1.35 bits per heavy atom. The summed E-state index contributed by atoms with van der Waals surface area (Å²) in [5, 5.41) is 2.97. The fourth-order valence-corrected chi connectivity index (χ4v) is 1.39. The Hall–Kier alpha value is -1.23. The van der Waals surface area contributed by atoms with Crippen LogP contribution >= 0.6 is 0 Å². The lowest BCUT2D eigenvalue weighted by Crippen LogP contribution is -2.15. The van der Waals surface area contributed by atoms with Crippen LogP contribution in [0.2, 0.25) is 0 Å². The van der Waals surface area contributed by atoms with Crippen molar-refractivity contribution in [3.63, 3.8) is 0 Å². The lowest BCUT2D eigenvalue weighted by Gasteiger charge is -2.12. The molecular weight excluding hydrogens is 229 g/mol. The summed E-state index contributed by atoms with van der Waals surface area (Å²) in [5.41, 5.74) is 5.32. The molecule has 0 bridgehead atoms. The highest BCUT2D eigenvalue weighted by Gasteiger charge is 2.30. The second-order valence-electron chi connectivity index (χ2n) is 4.13. The van der Waals surface area contributed by atoms with Crippen molar-refractivity contribution in [2.24, 2.45) is 11.7 Å². The molecule has 0 amide bonds. The molecule has 0 radical (unpaired) electrons. The molecule has 0 aromatic heterocycles. The van der Waals surface area contributed by atoms with Crippen LogP contribution in [-0.4, -0.2) is 13.1 Å². The van der Waals surface area contributed by atoms with Crippen molar-refractivity contribution in [2.75, 3.05) is 18.4 Å². The second kappa shape index (κ2) is 5.91. The standard InChI is InChI=1S/C12H17F3N2/c1-9(8-16)5-6-17-11-4-2-3-10(7-11)12(13,14)15/h2-4,7,9,17H,5-6,8,16H2,1H3. The number of nitrogens with two attached hydrogens (primary N) is 1. The summed E-state index contributed by atoms with van der Waals surface area (Å²) in [4.78, 5) is 0. The van der Waals surface area contributed by atoms with E-state index in [0.717, 1.165) is 18.6 Å². The maximum Gasteiger partial charge on any atom is 0.416 e. The molecule has 17 heavy (non-hydrogen) atoms. The Morgan fingerprint density at radius 3 is 2.65 bits per heavy atom. The minimum atomic E-state index is -4.29. The Labute approximate surface area is 99.0 Å². The quantitative estimate of drug-likeness (QED) is 0.837. The van der Waals surface area contributed by atoms with E-state index in [1.165, 1.54) is 6.07 Å². The number of hydrogen-bond donors (Lipinski definition) is 2. The third-order valence-electron chi connectivity index (χ3n) is 2.56. The molecule has 0 aliphatic heterocycles. The molecule has 1 aromatic rings. The van der Waals surface area contributed by atoms with Gasteiger partial charge < -0.3 is 11.1 Å². The molecule has 0 heterocycles. The van der Waals surface area contributed by atoms with Gasteiger partial charge in [0.25, 0.3) is 0 Å². The first kappa shape index (κ1) is 13.8. The lowest BCUT2D eigenvalue weighted by molar-refractivity contribution is -0.137. The van der Waals surface area contributed by atoms with Gasteiger partial charge in [-0.2, -0.15) is 13.2 Å². The molecule has 0 saturated carbocycles. The first-order valence-corrected chi connectivity index (χ1v) is 5.54. The fraction of sp³-hybridized carbons (Fsp3) is 0.500. The van der Waals surface area contributed by atoms with Gasteiger partial charge in [0, 0.05) is 12.2 Å². The molecule has 1 aromatic carbocycles. The van der Waals surface area contributed by atoms with Gasteiger partial charge >= 0.3 is 6.18 Å². The van der Waals surface area contributed by atoms with E-state index in [4.69, 9.17) is 5.73 Å². The Bertz CT molecular complexity index is 350. The normalized spacial score (nSPS) is 13.5. The maximum atomic E-state index is 12.4. The van der Waals surface area contributed by atoms with Gasteiger partial charge in [-0.25, -0.2) is 0 Å². The van der Waals surface area contributed by atoms with Crippen LogP contribution in [-0.2, 0) is 6.18 Å². The zero-order valence-corrected chi connectivity index (χ0v) is 9.72. The van der Waals surface area contributed by atoms with E-state index in [1.54, 1.807) is 6.07 Å². The van der Waals surface area contributed by atoms with Crippen molar-refractivity contribution in [3.8, 4) is 0 Å². The first-order valence-electron chi connectivity index (χ1n) is 5.54. The van der Waals surface area contributed by atoms with Gasteiger partial charge in [0.05, 0.1) is 5.56 Å². The average Bonchev–Trinajstić information content (AvgIpc) is 2.28. The lowest BCUT2D eigenvalue weighted by atomic mass is 10.1. The van der Waals surface area contributed by atoms with E-state index >= 15 is 0 Å². The summed E-state index contributed by atoms with van der Waals surface area (Å²) < 4.78 is 37.3. The predicted octanol–water partition coefficient (Wildman–Crippen LogP) is 3.10. The van der Waals surface area contributed by atoms with Crippen molar-refractivity contribution in [1.82, 2.24) is 0 Å². The summed E-state index contributed by atoms with van der Waals surface area (Å²) in [5.74, 6) is 0.369. The van der Waals surface area contributed by atoms with Crippen molar-refractivity contribution in [1.29, 1.82) is 0 Å². The SMILES string of the molecule is CC(CN)CCNc1cccc(C(F)(F)F)c1. The highest BCUT2D eigenvalue weighted by atomic mass is 19.4. The van der Waals surface area contributed by atoms with E-state index < -0.39 is 11.7 Å². The van der Waals surface area contributed by atoms with Gasteiger partial charge in [-0.15, -0.1) is 0 Å². The molecular formula is C12H17F3N2. The van der Waals surface area contributed by atoms with Gasteiger partial charge in [0.2, 0.25) is 0 Å². The highest BCUT2D eigenvalue weighted by molar-refractivity contribution is 5.46. The van der Waals surface area contributed by atoms with Crippen LogP contribution in [0.3, 0.4) is 0 Å². The topological polar surface area (TPSA) is 38.0 Å². The summed E-state index contributed by atoms with van der Waals surface area (Å²) in [6.07, 6.45) is -3.45. The maximum absolute atomic E-state index is 12.4. The molecule has 1 unspecified atom stereocenters. The van der Waals surface area contributed by atoms with Crippen LogP contribution < -0.4 is 11.1 Å². The van der Waals surface area contributed by atoms with Gasteiger partial charge in [-0.1, -0.05) is 13.0 Å². The van der Waals surface area contributed by atoms with E-state index in [-0.39, 0.29) is 0 Å². The zero-order chi connectivity index (χ0) is 12.9. The van der Waals surface area contributed by atoms with E-state index in [1.807, 2.05) is 6.92 Å². The minimum absolute atomic E-state index is 0.369. The summed E-state index contributed by atoms with van der Waals surface area (Å²) in [6.45, 7) is 3.22. The molecule has 2 nitrogen and oxygen atoms in total. The van der Waals surface area contributed by atoms with Crippen molar-refractivity contribution in [2.45, 2.75) is 19.5 Å². The summed E-state index contributed by atoms with van der Waals surface area (Å²) in [6, 6.07) is 5.21. The monoisotopic (exact) mass is 246 g/mol. The molecule has 0 aliphatic carbocycles. The third-order valence-corrected chi connectivity index (χ3v) is 2.56. The van der Waals surface area contributed by atoms with Crippen LogP contribution in [0.4, 0.5) is 18.9 Å². The highest BCUT2D eigenvalue weighted by Crippen LogP contribution is 2.30. The molecule has 96 valence electrons. The van der Waals surface area contributed by atoms with Crippen LogP contribution in [0.5, 0.6) is 0 Å². The number of benzene rings is 1. The molecule has 0 saturated heterocycles. The Kier molecular flexibility index (Phi) is 4.81. The second-order valence-corrected chi connectivity index (χ2v) is 4.13. The number of rotatable bonds is 5. The van der Waals surface area contributed by atoms with Crippen LogP contribution in [0.15, 0.2) is 24.3 Å². The number of anilines is 1. The minimum Gasteiger partial charge on any atom is -0.385 e. The third kappa shape index (κ3) is 4.65.